The van der Waals surface area contributed by atoms with Crippen molar-refractivity contribution in [2.45, 2.75) is 41.6 Å². The van der Waals surface area contributed by atoms with Crippen LogP contribution in [0.2, 0.25) is 5.02 Å². The lowest BCUT2D eigenvalue weighted by Gasteiger charge is -2.43. The van der Waals surface area contributed by atoms with Crippen LogP contribution in [0, 0.1) is 11.3 Å². The topological polar surface area (TPSA) is 114 Å². The van der Waals surface area contributed by atoms with Gasteiger partial charge in [-0.1, -0.05) is 23.4 Å². The lowest BCUT2D eigenvalue weighted by atomic mass is 9.73. The first-order valence-corrected chi connectivity index (χ1v) is 10.7. The number of piperidine rings is 1. The number of nitrogen functional groups attached to an aromatic ring is 1. The van der Waals surface area contributed by atoms with Crippen molar-refractivity contribution in [1.82, 2.24) is 15.0 Å². The molecule has 0 amide bonds. The summed E-state index contributed by atoms with van der Waals surface area (Å²) in [6.45, 7) is 2.03. The Labute approximate surface area is 173 Å². The van der Waals surface area contributed by atoms with E-state index < -0.39 is 0 Å². The average molecular weight is 421 g/mol. The Morgan fingerprint density at radius 1 is 1.21 bits per heavy atom. The number of pyridine rings is 1. The van der Waals surface area contributed by atoms with Crippen LogP contribution >= 0.6 is 23.4 Å². The lowest BCUT2D eigenvalue weighted by Crippen LogP contribution is -2.49. The number of hydrogen-bond donors (Lipinski definition) is 3. The SMILES string of the molecule is Nc1nccc(Sc2cnc(N3CCC4(CCC(CO)[C@H]4N)CC3)cn2)c1Cl. The number of aliphatic hydroxyl groups is 1. The number of nitrogens with two attached hydrogens (primary N) is 2. The second-order valence-corrected chi connectivity index (χ2v) is 9.12. The molecule has 1 saturated heterocycles. The summed E-state index contributed by atoms with van der Waals surface area (Å²) in [7, 11) is 0. The van der Waals surface area contributed by atoms with E-state index >= 15 is 0 Å². The van der Waals surface area contributed by atoms with E-state index in [9.17, 15) is 5.11 Å². The molecule has 2 atom stereocenters. The Morgan fingerprint density at radius 2 is 2.00 bits per heavy atom. The van der Waals surface area contributed by atoms with Gasteiger partial charge in [-0.3, -0.25) is 0 Å². The number of aromatic nitrogens is 3. The standard InChI is InChI=1S/C19H25ClN6OS/c20-16-13(2-6-23-18(16)22)28-15-10-24-14(9-25-15)26-7-4-19(5-8-26)3-1-12(11-27)17(19)21/h2,6,9-10,12,17,27H,1,3-5,7-8,11,21H2,(H2,22,23)/t12?,17-/m1/s1. The quantitative estimate of drug-likeness (QED) is 0.691. The van der Waals surface area contributed by atoms with Crippen LogP contribution in [0.4, 0.5) is 11.6 Å². The van der Waals surface area contributed by atoms with Gasteiger partial charge in [0.1, 0.15) is 16.7 Å². The molecule has 5 N–H and O–H groups in total. The molecular formula is C19H25ClN6OS. The molecule has 1 unspecified atom stereocenters. The van der Waals surface area contributed by atoms with Crippen LogP contribution in [0.25, 0.3) is 0 Å². The Morgan fingerprint density at radius 3 is 2.64 bits per heavy atom. The van der Waals surface area contributed by atoms with Crippen molar-refractivity contribution in [1.29, 1.82) is 0 Å². The monoisotopic (exact) mass is 420 g/mol. The average Bonchev–Trinajstić information content (AvgIpc) is 3.02. The summed E-state index contributed by atoms with van der Waals surface area (Å²) in [5.41, 5.74) is 12.4. The van der Waals surface area contributed by atoms with Crippen molar-refractivity contribution in [3.8, 4) is 0 Å². The van der Waals surface area contributed by atoms with Crippen LogP contribution in [-0.4, -0.2) is 45.8 Å². The maximum atomic E-state index is 9.52. The van der Waals surface area contributed by atoms with Crippen LogP contribution in [-0.2, 0) is 0 Å². The summed E-state index contributed by atoms with van der Waals surface area (Å²) < 4.78 is 0. The molecule has 2 fully saturated rings. The van der Waals surface area contributed by atoms with Gasteiger partial charge in [0, 0.05) is 36.8 Å². The number of nitrogens with zero attached hydrogens (tertiary/aromatic N) is 4. The minimum absolute atomic E-state index is 0.0991. The molecule has 150 valence electrons. The van der Waals surface area contributed by atoms with Gasteiger partial charge in [0.25, 0.3) is 0 Å². The predicted octanol–water partition coefficient (Wildman–Crippen LogP) is 2.57. The fraction of sp³-hybridized carbons (Fsp3) is 0.526. The molecule has 2 aromatic heterocycles. The molecule has 2 aromatic rings. The Kier molecular flexibility index (Phi) is 5.64. The molecule has 4 rings (SSSR count). The Hall–Kier alpha value is -1.61. The van der Waals surface area contributed by atoms with Crippen LogP contribution in [0.15, 0.2) is 34.6 Å². The molecule has 1 aliphatic heterocycles. The van der Waals surface area contributed by atoms with Crippen LogP contribution in [0.1, 0.15) is 25.7 Å². The summed E-state index contributed by atoms with van der Waals surface area (Å²) in [6, 6.07) is 1.91. The molecule has 2 aliphatic rings. The van der Waals surface area contributed by atoms with Crippen LogP contribution in [0.5, 0.6) is 0 Å². The van der Waals surface area contributed by atoms with Gasteiger partial charge in [0.2, 0.25) is 0 Å². The molecular weight excluding hydrogens is 396 g/mol. The summed E-state index contributed by atoms with van der Waals surface area (Å²) in [6.07, 6.45) is 9.42. The summed E-state index contributed by atoms with van der Waals surface area (Å²) in [4.78, 5) is 16.2. The molecule has 0 bridgehead atoms. The molecule has 0 aromatic carbocycles. The fourth-order valence-corrected chi connectivity index (χ4v) is 5.43. The zero-order valence-corrected chi connectivity index (χ0v) is 17.2. The van der Waals surface area contributed by atoms with Crippen molar-refractivity contribution in [2.24, 2.45) is 17.1 Å². The van der Waals surface area contributed by atoms with E-state index in [1.165, 1.54) is 11.8 Å². The van der Waals surface area contributed by atoms with E-state index in [1.54, 1.807) is 12.4 Å². The van der Waals surface area contributed by atoms with Crippen molar-refractivity contribution in [3.63, 3.8) is 0 Å². The first-order valence-electron chi connectivity index (χ1n) is 9.54. The largest absolute Gasteiger partial charge is 0.396 e. The van der Waals surface area contributed by atoms with Gasteiger partial charge >= 0.3 is 0 Å². The molecule has 0 radical (unpaired) electrons. The normalized spacial score (nSPS) is 24.0. The van der Waals surface area contributed by atoms with Crippen LogP contribution < -0.4 is 16.4 Å². The number of rotatable bonds is 4. The van der Waals surface area contributed by atoms with E-state index in [0.29, 0.717) is 10.8 Å². The van der Waals surface area contributed by atoms with Crippen molar-refractivity contribution < 1.29 is 5.11 Å². The van der Waals surface area contributed by atoms with Gasteiger partial charge in [-0.05, 0) is 43.1 Å². The van der Waals surface area contributed by atoms with Crippen LogP contribution in [0.3, 0.4) is 0 Å². The van der Waals surface area contributed by atoms with E-state index in [0.717, 1.165) is 54.5 Å². The number of halogens is 1. The zero-order chi connectivity index (χ0) is 19.7. The summed E-state index contributed by atoms with van der Waals surface area (Å²) in [5.74, 6) is 1.44. The maximum absolute atomic E-state index is 9.52. The lowest BCUT2D eigenvalue weighted by molar-refractivity contribution is 0.152. The van der Waals surface area contributed by atoms with Crippen molar-refractivity contribution in [2.75, 3.05) is 30.3 Å². The van der Waals surface area contributed by atoms with Gasteiger partial charge in [-0.25, -0.2) is 15.0 Å². The van der Waals surface area contributed by atoms with Gasteiger partial charge in [-0.2, -0.15) is 0 Å². The van der Waals surface area contributed by atoms with E-state index in [-0.39, 0.29) is 24.0 Å². The third-order valence-electron chi connectivity index (χ3n) is 6.26. The fourth-order valence-electron chi connectivity index (χ4n) is 4.45. The van der Waals surface area contributed by atoms with E-state index in [2.05, 4.69) is 19.9 Å². The predicted molar refractivity (Wildman–Crippen MR) is 111 cm³/mol. The molecule has 7 nitrogen and oxygen atoms in total. The molecule has 9 heteroatoms. The molecule has 1 saturated carbocycles. The third kappa shape index (κ3) is 3.66. The number of anilines is 2. The molecule has 1 aliphatic carbocycles. The summed E-state index contributed by atoms with van der Waals surface area (Å²) >= 11 is 7.62. The third-order valence-corrected chi connectivity index (χ3v) is 7.74. The Bertz CT molecular complexity index is 828. The highest BCUT2D eigenvalue weighted by Crippen LogP contribution is 2.48. The van der Waals surface area contributed by atoms with Gasteiger partial charge < -0.3 is 21.5 Å². The highest BCUT2D eigenvalue weighted by Gasteiger charge is 2.47. The minimum atomic E-state index is 0.0991. The molecule has 28 heavy (non-hydrogen) atoms. The van der Waals surface area contributed by atoms with Gasteiger partial charge in [-0.15, -0.1) is 0 Å². The van der Waals surface area contributed by atoms with E-state index in [4.69, 9.17) is 23.1 Å². The van der Waals surface area contributed by atoms with E-state index in [1.807, 2.05) is 12.3 Å². The van der Waals surface area contributed by atoms with Crippen molar-refractivity contribution in [3.05, 3.63) is 29.7 Å². The smallest absolute Gasteiger partial charge is 0.147 e. The highest BCUT2D eigenvalue weighted by atomic mass is 35.5. The minimum Gasteiger partial charge on any atom is -0.396 e. The second-order valence-electron chi connectivity index (χ2n) is 7.68. The molecule has 3 heterocycles. The van der Waals surface area contributed by atoms with Gasteiger partial charge in [0.05, 0.1) is 17.4 Å². The summed E-state index contributed by atoms with van der Waals surface area (Å²) in [5, 5.41) is 10.7. The number of hydrogen-bond acceptors (Lipinski definition) is 8. The number of aliphatic hydroxyl groups excluding tert-OH is 1. The molecule has 1 spiro atoms. The first kappa shape index (κ1) is 19.7. The first-order chi connectivity index (χ1) is 13.5. The Balaban J connectivity index is 1.39. The van der Waals surface area contributed by atoms with Gasteiger partial charge in [0.15, 0.2) is 0 Å². The van der Waals surface area contributed by atoms with Crippen molar-refractivity contribution >= 4 is 35.0 Å². The zero-order valence-electron chi connectivity index (χ0n) is 15.6. The highest BCUT2D eigenvalue weighted by molar-refractivity contribution is 7.99. The maximum Gasteiger partial charge on any atom is 0.147 e. The second kappa shape index (κ2) is 8.02.